The third kappa shape index (κ3) is 5.87. The minimum Gasteiger partial charge on any atom is -0.328 e. The van der Waals surface area contributed by atoms with Crippen molar-refractivity contribution in [1.29, 1.82) is 0 Å². The van der Waals surface area contributed by atoms with E-state index in [-0.39, 0.29) is 0 Å². The molecule has 3 N–H and O–H groups in total. The van der Waals surface area contributed by atoms with Crippen LogP contribution in [0.25, 0.3) is 0 Å². The average Bonchev–Trinajstić information content (AvgIpc) is 3.12. The topological polar surface area (TPSA) is 80.5 Å². The Labute approximate surface area is 136 Å². The van der Waals surface area contributed by atoms with Gasteiger partial charge in [-0.2, -0.15) is 5.21 Å². The van der Waals surface area contributed by atoms with Gasteiger partial charge in [-0.05, 0) is 50.9 Å². The van der Waals surface area contributed by atoms with Crippen molar-refractivity contribution in [3.8, 4) is 0 Å². The van der Waals surface area contributed by atoms with E-state index in [2.05, 4.69) is 40.5 Å². The molecule has 1 aromatic heterocycles. The molecule has 2 aliphatic carbocycles. The number of nitrogens with zero attached hydrogens (tertiary/aromatic N) is 3. The third-order valence-corrected chi connectivity index (χ3v) is 4.15. The molecule has 1 fully saturated rings. The molecular formula is C17H35N5. The van der Waals surface area contributed by atoms with E-state index >= 15 is 0 Å². The quantitative estimate of drug-likeness (QED) is 0.812. The Hall–Kier alpha value is -1.23. The number of H-pyrrole nitrogens is 1. The molecule has 0 spiro atoms. The summed E-state index contributed by atoms with van der Waals surface area (Å²) in [4.78, 5) is 0. The van der Waals surface area contributed by atoms with Gasteiger partial charge in [-0.15, -0.1) is 10.2 Å². The van der Waals surface area contributed by atoms with E-state index in [0.29, 0.717) is 11.9 Å². The first kappa shape index (κ1) is 20.8. The van der Waals surface area contributed by atoms with E-state index < -0.39 is 0 Å². The van der Waals surface area contributed by atoms with Crippen LogP contribution in [0, 0.1) is 24.7 Å². The van der Waals surface area contributed by atoms with Crippen molar-refractivity contribution in [1.82, 2.24) is 20.6 Å². The number of allylic oxidation sites excluding steroid dienone is 2. The second kappa shape index (κ2) is 11.4. The van der Waals surface area contributed by atoms with Gasteiger partial charge in [-0.1, -0.05) is 51.5 Å². The Morgan fingerprint density at radius 3 is 2.32 bits per heavy atom. The molecule has 3 unspecified atom stereocenters. The summed E-state index contributed by atoms with van der Waals surface area (Å²) in [7, 11) is 0. The van der Waals surface area contributed by atoms with E-state index in [4.69, 9.17) is 5.73 Å². The summed E-state index contributed by atoms with van der Waals surface area (Å²) in [5, 5.41) is 12.7. The Balaban J connectivity index is 0.000000373. The van der Waals surface area contributed by atoms with Crippen LogP contribution in [0.3, 0.4) is 0 Å². The number of aromatic nitrogens is 4. The Kier molecular flexibility index (Phi) is 10.7. The van der Waals surface area contributed by atoms with Crippen LogP contribution in [0.2, 0.25) is 0 Å². The normalized spacial score (nSPS) is 25.6. The lowest BCUT2D eigenvalue weighted by Gasteiger charge is -2.42. The lowest BCUT2D eigenvalue weighted by Crippen LogP contribution is -2.43. The number of aryl methyl sites for hydroxylation is 1. The fourth-order valence-corrected chi connectivity index (χ4v) is 3.01. The number of aromatic amines is 1. The van der Waals surface area contributed by atoms with Gasteiger partial charge < -0.3 is 5.73 Å². The van der Waals surface area contributed by atoms with E-state index in [0.717, 1.165) is 17.8 Å². The van der Waals surface area contributed by atoms with Crippen molar-refractivity contribution in [2.75, 3.05) is 0 Å². The number of hydrogen-bond donors (Lipinski definition) is 2. The molecule has 22 heavy (non-hydrogen) atoms. The molecule has 0 amide bonds. The number of tetrazole rings is 1. The largest absolute Gasteiger partial charge is 0.328 e. The highest BCUT2D eigenvalue weighted by molar-refractivity contribution is 5.19. The van der Waals surface area contributed by atoms with Gasteiger partial charge in [-0.25, -0.2) is 0 Å². The third-order valence-electron chi connectivity index (χ3n) is 4.15. The van der Waals surface area contributed by atoms with Gasteiger partial charge in [0.15, 0.2) is 5.82 Å². The summed E-state index contributed by atoms with van der Waals surface area (Å²) in [5.74, 6) is 3.28. The molecule has 3 rings (SSSR count). The predicted octanol–water partition coefficient (Wildman–Crippen LogP) is 3.89. The van der Waals surface area contributed by atoms with E-state index in [1.807, 2.05) is 27.7 Å². The smallest absolute Gasteiger partial charge is 0.171 e. The van der Waals surface area contributed by atoms with Crippen LogP contribution in [-0.2, 0) is 0 Å². The van der Waals surface area contributed by atoms with Crippen molar-refractivity contribution in [3.05, 3.63) is 17.5 Å². The molecule has 0 aliphatic heterocycles. The zero-order valence-electron chi connectivity index (χ0n) is 15.4. The first-order valence-corrected chi connectivity index (χ1v) is 8.77. The summed E-state index contributed by atoms with van der Waals surface area (Å²) < 4.78 is 0. The molecule has 1 aromatic rings. The minimum atomic E-state index is 0.402. The summed E-state index contributed by atoms with van der Waals surface area (Å²) in [6, 6.07) is 0.402. The molecule has 0 bridgehead atoms. The molecule has 2 aliphatic rings. The Morgan fingerprint density at radius 1 is 1.32 bits per heavy atom. The molecule has 0 aromatic carbocycles. The minimum absolute atomic E-state index is 0.402. The summed E-state index contributed by atoms with van der Waals surface area (Å²) in [6.45, 7) is 14.2. The SMILES string of the molecule is CC.CC.CCC1=CC2C(C1)CC2[C@@H](C)N.Cc1nn[nH]n1. The van der Waals surface area contributed by atoms with Crippen LogP contribution in [0.4, 0.5) is 0 Å². The molecule has 128 valence electrons. The number of nitrogens with one attached hydrogen (secondary N) is 1. The van der Waals surface area contributed by atoms with Crippen molar-refractivity contribution < 1.29 is 0 Å². The van der Waals surface area contributed by atoms with Crippen LogP contribution in [0.5, 0.6) is 0 Å². The van der Waals surface area contributed by atoms with Crippen LogP contribution in [-0.4, -0.2) is 26.7 Å². The van der Waals surface area contributed by atoms with Crippen molar-refractivity contribution >= 4 is 0 Å². The van der Waals surface area contributed by atoms with Gasteiger partial charge in [0, 0.05) is 6.04 Å². The number of nitrogens with two attached hydrogens (primary N) is 1. The molecule has 1 heterocycles. The van der Waals surface area contributed by atoms with Crippen LogP contribution >= 0.6 is 0 Å². The Morgan fingerprint density at radius 2 is 1.95 bits per heavy atom. The van der Waals surface area contributed by atoms with Crippen molar-refractivity contribution in [2.45, 2.75) is 73.8 Å². The van der Waals surface area contributed by atoms with Crippen LogP contribution in [0.1, 0.15) is 66.6 Å². The first-order valence-electron chi connectivity index (χ1n) is 8.77. The molecule has 4 atom stereocenters. The van der Waals surface area contributed by atoms with Gasteiger partial charge in [0.05, 0.1) is 0 Å². The van der Waals surface area contributed by atoms with E-state index in [9.17, 15) is 0 Å². The van der Waals surface area contributed by atoms with Crippen molar-refractivity contribution in [2.24, 2.45) is 23.5 Å². The number of rotatable bonds is 2. The van der Waals surface area contributed by atoms with Gasteiger partial charge in [-0.3, -0.25) is 0 Å². The van der Waals surface area contributed by atoms with E-state index in [1.165, 1.54) is 19.3 Å². The highest BCUT2D eigenvalue weighted by atomic mass is 15.5. The lowest BCUT2D eigenvalue weighted by atomic mass is 9.64. The van der Waals surface area contributed by atoms with Gasteiger partial charge in [0.2, 0.25) is 0 Å². The number of fused-ring (bicyclic) bond motifs is 1. The molecule has 0 saturated heterocycles. The van der Waals surface area contributed by atoms with Gasteiger partial charge >= 0.3 is 0 Å². The number of hydrogen-bond acceptors (Lipinski definition) is 4. The zero-order chi connectivity index (χ0) is 17.1. The van der Waals surface area contributed by atoms with Crippen LogP contribution < -0.4 is 5.73 Å². The van der Waals surface area contributed by atoms with Crippen LogP contribution in [0.15, 0.2) is 11.6 Å². The van der Waals surface area contributed by atoms with Gasteiger partial charge in [0.25, 0.3) is 0 Å². The van der Waals surface area contributed by atoms with E-state index in [1.54, 1.807) is 12.5 Å². The monoisotopic (exact) mass is 309 g/mol. The molecular weight excluding hydrogens is 274 g/mol. The molecule has 0 radical (unpaired) electrons. The molecule has 5 heteroatoms. The second-order valence-electron chi connectivity index (χ2n) is 5.44. The summed E-state index contributed by atoms with van der Waals surface area (Å²) in [5.41, 5.74) is 7.59. The van der Waals surface area contributed by atoms with Gasteiger partial charge in [0.1, 0.15) is 0 Å². The lowest BCUT2D eigenvalue weighted by molar-refractivity contribution is 0.108. The summed E-state index contributed by atoms with van der Waals surface area (Å²) in [6.07, 6.45) is 6.49. The molecule has 1 saturated carbocycles. The fourth-order valence-electron chi connectivity index (χ4n) is 3.01. The maximum Gasteiger partial charge on any atom is 0.171 e. The first-order chi connectivity index (χ1) is 10.6. The zero-order valence-corrected chi connectivity index (χ0v) is 15.4. The Bertz CT molecular complexity index is 397. The fraction of sp³-hybridized carbons (Fsp3) is 0.824. The summed E-state index contributed by atoms with van der Waals surface area (Å²) >= 11 is 0. The molecule has 5 nitrogen and oxygen atoms in total. The standard InChI is InChI=1S/C11H19N.C2H4N4.2C2H6/c1-3-8-4-9-6-10(7(2)12)11(9)5-8;1-2-3-5-6-4-2;2*1-2/h5,7,9-11H,3-4,6,12H2,1-2H3;1H3,(H,3,4,5,6);2*1-2H3/t7-,9?,10?,11?;;;/m1.../s1. The maximum atomic E-state index is 5.91. The highest BCUT2D eigenvalue weighted by Gasteiger charge is 2.44. The second-order valence-corrected chi connectivity index (χ2v) is 5.44. The maximum absolute atomic E-state index is 5.91. The van der Waals surface area contributed by atoms with Crippen molar-refractivity contribution in [3.63, 3.8) is 0 Å². The highest BCUT2D eigenvalue weighted by Crippen LogP contribution is 2.51. The average molecular weight is 310 g/mol. The predicted molar refractivity (Wildman–Crippen MR) is 93.3 cm³/mol.